The highest BCUT2D eigenvalue weighted by atomic mass is 32.1. The van der Waals surface area contributed by atoms with Crippen molar-refractivity contribution in [2.24, 2.45) is 5.92 Å². The molecule has 0 spiro atoms. The fourth-order valence-electron chi connectivity index (χ4n) is 4.89. The Labute approximate surface area is 217 Å². The minimum atomic E-state index is -4.54. The van der Waals surface area contributed by atoms with E-state index in [9.17, 15) is 18.0 Å². The van der Waals surface area contributed by atoms with Crippen LogP contribution in [0.2, 0.25) is 0 Å². The number of aromatic nitrogens is 5. The first-order valence-electron chi connectivity index (χ1n) is 12.7. The lowest BCUT2D eigenvalue weighted by molar-refractivity contribution is -0.147. The highest BCUT2D eigenvalue weighted by molar-refractivity contribution is 7.18. The summed E-state index contributed by atoms with van der Waals surface area (Å²) in [4.78, 5) is 28.3. The van der Waals surface area contributed by atoms with Gasteiger partial charge in [0.25, 0.3) is 0 Å². The molecule has 0 bridgehead atoms. The highest BCUT2D eigenvalue weighted by Gasteiger charge is 2.40. The molecule has 0 unspecified atom stereocenters. The molecule has 1 amide bonds. The van der Waals surface area contributed by atoms with Crippen molar-refractivity contribution < 1.29 is 18.0 Å². The van der Waals surface area contributed by atoms with Crippen LogP contribution in [-0.4, -0.2) is 56.3 Å². The van der Waals surface area contributed by atoms with E-state index in [-0.39, 0.29) is 36.8 Å². The number of rotatable bonds is 6. The number of nitrogens with one attached hydrogen (secondary N) is 1. The molecule has 2 aliphatic heterocycles. The lowest BCUT2D eigenvalue weighted by atomic mass is 10.0. The molecule has 2 aliphatic rings. The van der Waals surface area contributed by atoms with Gasteiger partial charge in [0.15, 0.2) is 5.82 Å². The van der Waals surface area contributed by atoms with Gasteiger partial charge in [-0.3, -0.25) is 4.79 Å². The number of hydrogen-bond donors (Lipinski definition) is 1. The van der Waals surface area contributed by atoms with Gasteiger partial charge in [-0.25, -0.2) is 4.98 Å². The summed E-state index contributed by atoms with van der Waals surface area (Å²) in [6, 6.07) is 2.12. The Bertz CT molecular complexity index is 1290. The van der Waals surface area contributed by atoms with E-state index in [1.54, 1.807) is 11.3 Å². The predicted octanol–water partition coefficient (Wildman–Crippen LogP) is 4.02. The van der Waals surface area contributed by atoms with Gasteiger partial charge in [0.05, 0.1) is 11.9 Å². The molecule has 5 heterocycles. The molecule has 1 fully saturated rings. The van der Waals surface area contributed by atoms with E-state index in [0.717, 1.165) is 47.0 Å². The molecule has 0 radical (unpaired) electrons. The number of carbonyl (C=O) groups is 1. The maximum atomic E-state index is 13.3. The monoisotopic (exact) mass is 536 g/mol. The van der Waals surface area contributed by atoms with Crippen molar-refractivity contribution in [1.82, 2.24) is 30.0 Å². The van der Waals surface area contributed by atoms with Gasteiger partial charge in [-0.15, -0.1) is 21.5 Å². The summed E-state index contributed by atoms with van der Waals surface area (Å²) in [5.41, 5.74) is 0. The highest BCUT2D eigenvalue weighted by Crippen LogP contribution is 2.36. The SMILES string of the molecule is CCCc1cc2c(N3CCn4c(nnc4C(F)(F)F)C3)nc(N3CCC[C@@H](NC(=O)C(C)C)C3)nc2s1. The number of piperidine rings is 1. The summed E-state index contributed by atoms with van der Waals surface area (Å²) in [6.45, 7) is 7.91. The number of fused-ring (bicyclic) bond motifs is 2. The number of alkyl halides is 3. The van der Waals surface area contributed by atoms with E-state index in [4.69, 9.17) is 9.97 Å². The second kappa shape index (κ2) is 10.1. The molecular weight excluding hydrogens is 505 g/mol. The van der Waals surface area contributed by atoms with Gasteiger partial charge in [-0.05, 0) is 25.3 Å². The van der Waals surface area contributed by atoms with E-state index in [1.165, 1.54) is 4.88 Å². The number of hydrogen-bond acceptors (Lipinski definition) is 8. The van der Waals surface area contributed by atoms with Crippen molar-refractivity contribution in [3.05, 3.63) is 22.6 Å². The average molecular weight is 537 g/mol. The third kappa shape index (κ3) is 5.23. The second-order valence-electron chi connectivity index (χ2n) is 9.99. The first kappa shape index (κ1) is 25.7. The summed E-state index contributed by atoms with van der Waals surface area (Å²) < 4.78 is 41.2. The number of amides is 1. The third-order valence-corrected chi connectivity index (χ3v) is 7.88. The molecule has 0 aromatic carbocycles. The second-order valence-corrected chi connectivity index (χ2v) is 11.1. The molecule has 1 atom stereocenters. The topological polar surface area (TPSA) is 92.1 Å². The van der Waals surface area contributed by atoms with E-state index in [1.807, 2.05) is 18.7 Å². The van der Waals surface area contributed by atoms with Gasteiger partial charge >= 0.3 is 6.18 Å². The van der Waals surface area contributed by atoms with Crippen molar-refractivity contribution in [3.8, 4) is 0 Å². The van der Waals surface area contributed by atoms with E-state index in [2.05, 4.69) is 33.4 Å². The van der Waals surface area contributed by atoms with Crippen LogP contribution in [0.3, 0.4) is 0 Å². The maximum absolute atomic E-state index is 13.3. The average Bonchev–Trinajstić information content (AvgIpc) is 3.47. The predicted molar refractivity (Wildman–Crippen MR) is 136 cm³/mol. The maximum Gasteiger partial charge on any atom is 0.451 e. The van der Waals surface area contributed by atoms with Gasteiger partial charge in [0.2, 0.25) is 17.7 Å². The van der Waals surface area contributed by atoms with Crippen LogP contribution in [0.15, 0.2) is 6.07 Å². The zero-order valence-electron chi connectivity index (χ0n) is 21.2. The molecule has 3 aromatic rings. The van der Waals surface area contributed by atoms with Crippen molar-refractivity contribution >= 4 is 39.2 Å². The van der Waals surface area contributed by atoms with Gasteiger partial charge < -0.3 is 19.7 Å². The Kier molecular flexibility index (Phi) is 6.99. The summed E-state index contributed by atoms with van der Waals surface area (Å²) in [5.74, 6) is 0.539. The van der Waals surface area contributed by atoms with Crippen LogP contribution >= 0.6 is 11.3 Å². The van der Waals surface area contributed by atoms with Crippen molar-refractivity contribution in [2.45, 2.75) is 71.8 Å². The molecule has 1 N–H and O–H groups in total. The normalized spacial score (nSPS) is 18.5. The number of anilines is 2. The van der Waals surface area contributed by atoms with Gasteiger partial charge in [0.1, 0.15) is 10.6 Å². The zero-order chi connectivity index (χ0) is 26.3. The minimum Gasteiger partial charge on any atom is -0.351 e. The van der Waals surface area contributed by atoms with Crippen LogP contribution in [0.5, 0.6) is 0 Å². The summed E-state index contributed by atoms with van der Waals surface area (Å²) in [6.07, 6.45) is -0.822. The van der Waals surface area contributed by atoms with E-state index >= 15 is 0 Å². The van der Waals surface area contributed by atoms with Gasteiger partial charge in [-0.1, -0.05) is 27.2 Å². The Balaban J connectivity index is 1.47. The quantitative estimate of drug-likeness (QED) is 0.509. The van der Waals surface area contributed by atoms with Crippen LogP contribution in [0, 0.1) is 5.92 Å². The first-order chi connectivity index (χ1) is 17.6. The smallest absolute Gasteiger partial charge is 0.351 e. The van der Waals surface area contributed by atoms with Gasteiger partial charge in [-0.2, -0.15) is 18.2 Å². The number of halogens is 3. The Hall–Kier alpha value is -2.96. The molecule has 0 aliphatic carbocycles. The lowest BCUT2D eigenvalue weighted by Crippen LogP contribution is -2.49. The van der Waals surface area contributed by atoms with Gasteiger partial charge in [0, 0.05) is 43.0 Å². The van der Waals surface area contributed by atoms with E-state index in [0.29, 0.717) is 24.9 Å². The molecule has 0 saturated carbocycles. The van der Waals surface area contributed by atoms with Crippen molar-refractivity contribution in [3.63, 3.8) is 0 Å². The van der Waals surface area contributed by atoms with Crippen molar-refractivity contribution in [1.29, 1.82) is 0 Å². The summed E-state index contributed by atoms with van der Waals surface area (Å²) in [5, 5.41) is 11.3. The fourth-order valence-corrected chi connectivity index (χ4v) is 6.01. The molecule has 37 heavy (non-hydrogen) atoms. The number of carbonyl (C=O) groups excluding carboxylic acids is 1. The third-order valence-electron chi connectivity index (χ3n) is 6.79. The van der Waals surface area contributed by atoms with Crippen LogP contribution < -0.4 is 15.1 Å². The molecular formula is C24H31F3N8OS. The van der Waals surface area contributed by atoms with Crippen LogP contribution in [-0.2, 0) is 30.5 Å². The van der Waals surface area contributed by atoms with Crippen LogP contribution in [0.4, 0.5) is 24.9 Å². The molecule has 3 aromatic heterocycles. The van der Waals surface area contributed by atoms with Crippen LogP contribution in [0.25, 0.3) is 10.2 Å². The number of thiophene rings is 1. The lowest BCUT2D eigenvalue weighted by Gasteiger charge is -2.34. The molecule has 13 heteroatoms. The van der Waals surface area contributed by atoms with Crippen molar-refractivity contribution in [2.75, 3.05) is 29.4 Å². The number of nitrogens with zero attached hydrogens (tertiary/aromatic N) is 7. The first-order valence-corrected chi connectivity index (χ1v) is 13.6. The zero-order valence-corrected chi connectivity index (χ0v) is 22.0. The van der Waals surface area contributed by atoms with E-state index < -0.39 is 12.0 Å². The standard InChI is InChI=1S/C24H31F3N8OS/c1-4-6-16-11-17-19(33-9-10-35-18(13-33)31-32-22(35)24(25,26)27)29-23(30-21(17)37-16)34-8-5-7-15(12-34)28-20(36)14(2)3/h11,14-15H,4-10,12-13H2,1-3H3,(H,28,36)/t15-/m1/s1. The Morgan fingerprint density at radius 1 is 1.19 bits per heavy atom. The minimum absolute atomic E-state index is 0.0136. The fraction of sp³-hybridized carbons (Fsp3) is 0.625. The Morgan fingerprint density at radius 2 is 2.00 bits per heavy atom. The Morgan fingerprint density at radius 3 is 2.73 bits per heavy atom. The molecule has 5 rings (SSSR count). The molecule has 9 nitrogen and oxygen atoms in total. The molecule has 1 saturated heterocycles. The number of aryl methyl sites for hydroxylation is 1. The summed E-state index contributed by atoms with van der Waals surface area (Å²) >= 11 is 1.63. The largest absolute Gasteiger partial charge is 0.451 e. The summed E-state index contributed by atoms with van der Waals surface area (Å²) in [7, 11) is 0. The molecule has 200 valence electrons. The van der Waals surface area contributed by atoms with Crippen LogP contribution in [0.1, 0.15) is 56.6 Å².